The number of hydrogen-bond acceptors (Lipinski definition) is 4. The standard InChI is InChI=1S/C13H28N3O2S/c1-3-15(4-2)11-8-13(19(14,17)18)12-16-9-6-5-7-10-16/h5,13H,3-4,6-12H2,1-2H3,(H2,14,17,18). The number of sulfonamides is 1. The van der Waals surface area contributed by atoms with Gasteiger partial charge < -0.3 is 9.80 Å². The number of rotatable bonds is 8. The van der Waals surface area contributed by atoms with Crippen LogP contribution in [0, 0.1) is 6.42 Å². The van der Waals surface area contributed by atoms with Crippen molar-refractivity contribution in [3.8, 4) is 0 Å². The fourth-order valence-electron chi connectivity index (χ4n) is 2.50. The van der Waals surface area contributed by atoms with Gasteiger partial charge in [0, 0.05) is 6.54 Å². The van der Waals surface area contributed by atoms with Gasteiger partial charge in [-0.2, -0.15) is 0 Å². The molecule has 113 valence electrons. The normalized spacial score (nSPS) is 19.8. The zero-order chi connectivity index (χ0) is 14.3. The van der Waals surface area contributed by atoms with E-state index in [0.29, 0.717) is 13.0 Å². The molecule has 1 aliphatic rings. The van der Waals surface area contributed by atoms with Gasteiger partial charge in [-0.3, -0.25) is 0 Å². The van der Waals surface area contributed by atoms with Gasteiger partial charge in [0.25, 0.3) is 0 Å². The number of hydrogen-bond donors (Lipinski definition) is 1. The van der Waals surface area contributed by atoms with Gasteiger partial charge >= 0.3 is 0 Å². The van der Waals surface area contributed by atoms with Gasteiger partial charge in [0.15, 0.2) is 0 Å². The first-order valence-corrected chi connectivity index (χ1v) is 8.86. The molecule has 0 saturated carbocycles. The lowest BCUT2D eigenvalue weighted by atomic mass is 10.1. The van der Waals surface area contributed by atoms with Crippen molar-refractivity contribution in [2.75, 3.05) is 39.3 Å². The van der Waals surface area contributed by atoms with Gasteiger partial charge in [-0.1, -0.05) is 13.8 Å². The van der Waals surface area contributed by atoms with E-state index in [1.165, 1.54) is 0 Å². The molecule has 0 aromatic heterocycles. The SMILES string of the molecule is CCN(CC)CCC(CN1CC[CH]CC1)S(N)(=O)=O. The molecule has 1 radical (unpaired) electrons. The Morgan fingerprint density at radius 3 is 2.32 bits per heavy atom. The van der Waals surface area contributed by atoms with Gasteiger partial charge in [0.05, 0.1) is 5.25 Å². The summed E-state index contributed by atoms with van der Waals surface area (Å²) in [5.41, 5.74) is 0. The maximum atomic E-state index is 11.7. The Labute approximate surface area is 118 Å². The summed E-state index contributed by atoms with van der Waals surface area (Å²) >= 11 is 0. The van der Waals surface area contributed by atoms with E-state index < -0.39 is 15.3 Å². The quantitative estimate of drug-likeness (QED) is 0.714. The molecule has 5 nitrogen and oxygen atoms in total. The van der Waals surface area contributed by atoms with E-state index in [1.807, 2.05) is 0 Å². The molecule has 1 fully saturated rings. The highest BCUT2D eigenvalue weighted by Gasteiger charge is 2.25. The molecule has 19 heavy (non-hydrogen) atoms. The second-order valence-electron chi connectivity index (χ2n) is 5.19. The predicted molar refractivity (Wildman–Crippen MR) is 79.3 cm³/mol. The van der Waals surface area contributed by atoms with E-state index in [1.54, 1.807) is 0 Å². The third-order valence-electron chi connectivity index (χ3n) is 3.89. The Morgan fingerprint density at radius 1 is 1.26 bits per heavy atom. The fraction of sp³-hybridized carbons (Fsp3) is 0.923. The van der Waals surface area contributed by atoms with Gasteiger partial charge in [0.2, 0.25) is 10.0 Å². The molecule has 1 aliphatic heterocycles. The van der Waals surface area contributed by atoms with Crippen LogP contribution in [0.2, 0.25) is 0 Å². The molecule has 0 spiro atoms. The molecule has 2 N–H and O–H groups in total. The van der Waals surface area contributed by atoms with E-state index in [4.69, 9.17) is 5.14 Å². The van der Waals surface area contributed by atoms with E-state index in [2.05, 4.69) is 30.1 Å². The maximum Gasteiger partial charge on any atom is 0.213 e. The van der Waals surface area contributed by atoms with Crippen LogP contribution < -0.4 is 5.14 Å². The van der Waals surface area contributed by atoms with Crippen LogP contribution in [0.5, 0.6) is 0 Å². The van der Waals surface area contributed by atoms with Gasteiger partial charge in [-0.25, -0.2) is 13.6 Å². The predicted octanol–water partition coefficient (Wildman–Crippen LogP) is 0.675. The number of likely N-dealkylation sites (tertiary alicyclic amines) is 1. The van der Waals surface area contributed by atoms with Crippen LogP contribution in [-0.4, -0.2) is 62.7 Å². The van der Waals surface area contributed by atoms with Crippen molar-refractivity contribution in [3.63, 3.8) is 0 Å². The first-order chi connectivity index (χ1) is 8.97. The molecule has 6 heteroatoms. The van der Waals surface area contributed by atoms with E-state index in [0.717, 1.165) is 45.6 Å². The molecule has 1 rings (SSSR count). The largest absolute Gasteiger partial charge is 0.304 e. The minimum atomic E-state index is -3.45. The molecule has 0 aliphatic carbocycles. The van der Waals surface area contributed by atoms with Crippen molar-refractivity contribution in [1.29, 1.82) is 0 Å². The Balaban J connectivity index is 2.52. The summed E-state index contributed by atoms with van der Waals surface area (Å²) in [6.07, 6.45) is 4.99. The van der Waals surface area contributed by atoms with Crippen molar-refractivity contribution in [2.45, 2.75) is 38.4 Å². The monoisotopic (exact) mass is 290 g/mol. The number of primary sulfonamides is 1. The van der Waals surface area contributed by atoms with E-state index in [9.17, 15) is 8.42 Å². The molecular formula is C13H28N3O2S. The van der Waals surface area contributed by atoms with E-state index in [-0.39, 0.29) is 0 Å². The number of nitrogens with two attached hydrogens (primary N) is 1. The summed E-state index contributed by atoms with van der Waals surface area (Å²) in [5.74, 6) is 0. The third kappa shape index (κ3) is 6.21. The van der Waals surface area contributed by atoms with Crippen LogP contribution in [0.25, 0.3) is 0 Å². The van der Waals surface area contributed by atoms with Crippen molar-refractivity contribution < 1.29 is 8.42 Å². The second-order valence-corrected chi connectivity index (χ2v) is 7.04. The lowest BCUT2D eigenvalue weighted by Crippen LogP contribution is -2.43. The average Bonchev–Trinajstić information content (AvgIpc) is 2.38. The van der Waals surface area contributed by atoms with Crippen molar-refractivity contribution >= 4 is 10.0 Å². The van der Waals surface area contributed by atoms with Crippen LogP contribution in [0.1, 0.15) is 33.1 Å². The van der Waals surface area contributed by atoms with Gasteiger partial charge in [-0.05, 0) is 58.4 Å². The number of piperidine rings is 1. The summed E-state index contributed by atoms with van der Waals surface area (Å²) in [4.78, 5) is 4.46. The van der Waals surface area contributed by atoms with Crippen LogP contribution in [0.4, 0.5) is 0 Å². The topological polar surface area (TPSA) is 66.6 Å². The summed E-state index contributed by atoms with van der Waals surface area (Å²) in [7, 11) is -3.45. The summed E-state index contributed by atoms with van der Waals surface area (Å²) in [6.45, 7) is 9.38. The van der Waals surface area contributed by atoms with Crippen LogP contribution in [0.3, 0.4) is 0 Å². The number of nitrogens with zero attached hydrogens (tertiary/aromatic N) is 2. The molecule has 1 atom stereocenters. The molecule has 0 amide bonds. The van der Waals surface area contributed by atoms with Crippen molar-refractivity contribution in [1.82, 2.24) is 9.80 Å². The van der Waals surface area contributed by atoms with Crippen molar-refractivity contribution in [2.24, 2.45) is 5.14 Å². The molecule has 1 heterocycles. The first-order valence-electron chi connectivity index (χ1n) is 7.25. The van der Waals surface area contributed by atoms with Crippen molar-refractivity contribution in [3.05, 3.63) is 6.42 Å². The lowest BCUT2D eigenvalue weighted by Gasteiger charge is -2.30. The van der Waals surface area contributed by atoms with Crippen LogP contribution in [-0.2, 0) is 10.0 Å². The summed E-state index contributed by atoms with van der Waals surface area (Å²) in [6, 6.07) is 0. The molecule has 1 saturated heterocycles. The van der Waals surface area contributed by atoms with Crippen LogP contribution >= 0.6 is 0 Å². The molecule has 0 bridgehead atoms. The minimum Gasteiger partial charge on any atom is -0.304 e. The highest BCUT2D eigenvalue weighted by Crippen LogP contribution is 2.12. The maximum absolute atomic E-state index is 11.7. The second kappa shape index (κ2) is 8.19. The average molecular weight is 290 g/mol. The zero-order valence-electron chi connectivity index (χ0n) is 12.2. The van der Waals surface area contributed by atoms with Gasteiger partial charge in [-0.15, -0.1) is 0 Å². The Morgan fingerprint density at radius 2 is 1.84 bits per heavy atom. The smallest absolute Gasteiger partial charge is 0.213 e. The Hall–Kier alpha value is -0.170. The highest BCUT2D eigenvalue weighted by atomic mass is 32.2. The zero-order valence-corrected chi connectivity index (χ0v) is 13.0. The summed E-state index contributed by atoms with van der Waals surface area (Å²) < 4.78 is 23.4. The lowest BCUT2D eigenvalue weighted by molar-refractivity contribution is 0.238. The fourth-order valence-corrected chi connectivity index (χ4v) is 3.35. The molecule has 0 aromatic rings. The molecule has 1 unspecified atom stereocenters. The van der Waals surface area contributed by atoms with Crippen LogP contribution in [0.15, 0.2) is 0 Å². The van der Waals surface area contributed by atoms with E-state index >= 15 is 0 Å². The Kier molecular flexibility index (Phi) is 7.28. The van der Waals surface area contributed by atoms with Gasteiger partial charge in [0.1, 0.15) is 0 Å². The first kappa shape index (κ1) is 16.9. The third-order valence-corrected chi connectivity index (χ3v) is 5.20. The Bertz CT molecular complexity index is 336. The molecule has 0 aromatic carbocycles. The summed E-state index contributed by atoms with van der Waals surface area (Å²) in [5, 5.41) is 4.95. The molecular weight excluding hydrogens is 262 g/mol. The minimum absolute atomic E-state index is 0.439. The highest BCUT2D eigenvalue weighted by molar-refractivity contribution is 7.89.